The van der Waals surface area contributed by atoms with E-state index in [9.17, 15) is 14.4 Å². The summed E-state index contributed by atoms with van der Waals surface area (Å²) in [5, 5.41) is 0. The predicted octanol–water partition coefficient (Wildman–Crippen LogP) is 17.1. The Kier molecular flexibility index (Phi) is 46.2. The Labute approximate surface area is 368 Å². The molecule has 0 bridgehead atoms. The second kappa shape index (κ2) is 47.5. The highest BCUT2D eigenvalue weighted by molar-refractivity contribution is 5.71. The van der Waals surface area contributed by atoms with Crippen molar-refractivity contribution in [1.29, 1.82) is 0 Å². The lowest BCUT2D eigenvalue weighted by Gasteiger charge is -2.18. The number of rotatable bonds is 48. The molecule has 1 atom stereocenters. The average molecular weight is 835 g/mol. The smallest absolute Gasteiger partial charge is 0.306 e. The van der Waals surface area contributed by atoms with Gasteiger partial charge in [0.2, 0.25) is 0 Å². The minimum atomic E-state index is -0.761. The number of carbonyl (C=O) groups is 3. The molecule has 0 unspecified atom stereocenters. The third-order valence-corrected chi connectivity index (χ3v) is 12.0. The van der Waals surface area contributed by atoms with E-state index >= 15 is 0 Å². The maximum Gasteiger partial charge on any atom is 0.306 e. The topological polar surface area (TPSA) is 78.9 Å². The summed E-state index contributed by atoms with van der Waals surface area (Å²) in [6.45, 7) is 8.98. The van der Waals surface area contributed by atoms with Crippen LogP contribution in [0.15, 0.2) is 0 Å². The third-order valence-electron chi connectivity index (χ3n) is 12.0. The van der Waals surface area contributed by atoms with Gasteiger partial charge < -0.3 is 14.2 Å². The molecule has 0 saturated carbocycles. The van der Waals surface area contributed by atoms with Crippen LogP contribution in [0.3, 0.4) is 0 Å². The van der Waals surface area contributed by atoms with Crippen molar-refractivity contribution in [3.05, 3.63) is 0 Å². The molecular formula is C53H102O6. The van der Waals surface area contributed by atoms with Crippen molar-refractivity contribution in [2.24, 2.45) is 5.92 Å². The van der Waals surface area contributed by atoms with Crippen molar-refractivity contribution in [3.8, 4) is 0 Å². The summed E-state index contributed by atoms with van der Waals surface area (Å²) < 4.78 is 16.8. The largest absolute Gasteiger partial charge is 0.462 e. The van der Waals surface area contributed by atoms with Crippen LogP contribution in [-0.4, -0.2) is 37.2 Å². The molecule has 0 aliphatic rings. The van der Waals surface area contributed by atoms with Gasteiger partial charge in [0.1, 0.15) is 13.2 Å². The predicted molar refractivity (Wildman–Crippen MR) is 252 cm³/mol. The lowest BCUT2D eigenvalue weighted by Crippen LogP contribution is -2.30. The maximum absolute atomic E-state index is 12.7. The molecule has 0 spiro atoms. The quantitative estimate of drug-likeness (QED) is 0.0345. The second-order valence-electron chi connectivity index (χ2n) is 18.6. The SMILES string of the molecule is CCCCCCCCCCCCCCCCCCC(=O)OC[C@@H](COC(=O)CCCCCCCCCCCCCCCCC)OC(=O)CCCCCCCCCC(C)C. The van der Waals surface area contributed by atoms with Crippen LogP contribution in [0.2, 0.25) is 0 Å². The number of carbonyl (C=O) groups excluding carboxylic acids is 3. The van der Waals surface area contributed by atoms with Gasteiger partial charge in [0.05, 0.1) is 0 Å². The first-order valence-corrected chi connectivity index (χ1v) is 26.4. The van der Waals surface area contributed by atoms with Crippen molar-refractivity contribution < 1.29 is 28.6 Å². The first-order chi connectivity index (χ1) is 28.9. The first-order valence-electron chi connectivity index (χ1n) is 26.4. The van der Waals surface area contributed by atoms with E-state index in [0.717, 1.165) is 63.7 Å². The summed E-state index contributed by atoms with van der Waals surface area (Å²) in [6, 6.07) is 0. The van der Waals surface area contributed by atoms with E-state index in [2.05, 4.69) is 27.7 Å². The zero-order valence-electron chi connectivity index (χ0n) is 40.2. The highest BCUT2D eigenvalue weighted by Gasteiger charge is 2.19. The van der Waals surface area contributed by atoms with E-state index in [1.807, 2.05) is 0 Å². The summed E-state index contributed by atoms with van der Waals surface area (Å²) >= 11 is 0. The molecule has 0 fully saturated rings. The normalized spacial score (nSPS) is 11.9. The minimum absolute atomic E-state index is 0.0634. The molecule has 0 saturated heterocycles. The molecule has 6 nitrogen and oxygen atoms in total. The Morgan fingerprint density at radius 1 is 0.322 bits per heavy atom. The van der Waals surface area contributed by atoms with Crippen molar-refractivity contribution in [2.75, 3.05) is 13.2 Å². The van der Waals surface area contributed by atoms with E-state index in [1.165, 1.54) is 193 Å². The van der Waals surface area contributed by atoms with Crippen LogP contribution in [0.4, 0.5) is 0 Å². The Hall–Kier alpha value is -1.59. The fourth-order valence-electron chi connectivity index (χ4n) is 8.04. The van der Waals surface area contributed by atoms with Gasteiger partial charge in [-0.3, -0.25) is 14.4 Å². The minimum Gasteiger partial charge on any atom is -0.462 e. The van der Waals surface area contributed by atoms with Crippen molar-refractivity contribution in [1.82, 2.24) is 0 Å². The average Bonchev–Trinajstić information content (AvgIpc) is 3.22. The summed E-state index contributed by atoms with van der Waals surface area (Å²) in [5.41, 5.74) is 0. The lowest BCUT2D eigenvalue weighted by atomic mass is 10.0. The van der Waals surface area contributed by atoms with E-state index in [4.69, 9.17) is 14.2 Å². The molecule has 59 heavy (non-hydrogen) atoms. The highest BCUT2D eigenvalue weighted by atomic mass is 16.6. The number of ether oxygens (including phenoxy) is 3. The maximum atomic E-state index is 12.7. The molecule has 0 radical (unpaired) electrons. The van der Waals surface area contributed by atoms with Crippen LogP contribution >= 0.6 is 0 Å². The fourth-order valence-corrected chi connectivity index (χ4v) is 8.04. The van der Waals surface area contributed by atoms with Crippen LogP contribution in [0.25, 0.3) is 0 Å². The van der Waals surface area contributed by atoms with Gasteiger partial charge in [0.25, 0.3) is 0 Å². The van der Waals surface area contributed by atoms with Crippen LogP contribution in [0, 0.1) is 5.92 Å². The zero-order chi connectivity index (χ0) is 43.1. The number of hydrogen-bond acceptors (Lipinski definition) is 6. The van der Waals surface area contributed by atoms with E-state index in [0.29, 0.717) is 19.3 Å². The third kappa shape index (κ3) is 47.3. The van der Waals surface area contributed by atoms with Gasteiger partial charge in [-0.25, -0.2) is 0 Å². The first kappa shape index (κ1) is 57.4. The molecule has 0 rings (SSSR count). The van der Waals surface area contributed by atoms with E-state index in [-0.39, 0.29) is 31.1 Å². The molecule has 0 aromatic rings. The molecule has 0 N–H and O–H groups in total. The molecule has 0 amide bonds. The molecular weight excluding hydrogens is 733 g/mol. The molecule has 0 aliphatic carbocycles. The Morgan fingerprint density at radius 2 is 0.559 bits per heavy atom. The Bertz CT molecular complexity index is 887. The standard InChI is InChI=1S/C53H102O6/c1-5-7-9-11-13-15-17-19-21-23-25-27-29-33-37-41-45-52(55)58-48-50(59-53(56)46-42-38-34-30-31-35-39-43-49(3)4)47-57-51(54)44-40-36-32-28-26-24-22-20-18-16-14-12-10-8-6-2/h49-50H,5-48H2,1-4H3/t50-/m1/s1. The Balaban J connectivity index is 4.25. The number of unbranched alkanes of at least 4 members (excludes halogenated alkanes) is 35. The van der Waals surface area contributed by atoms with Crippen LogP contribution in [-0.2, 0) is 28.6 Å². The fraction of sp³-hybridized carbons (Fsp3) is 0.943. The summed E-state index contributed by atoms with van der Waals surface area (Å²) in [4.78, 5) is 37.9. The van der Waals surface area contributed by atoms with Crippen LogP contribution in [0.5, 0.6) is 0 Å². The molecule has 0 aliphatic heterocycles. The van der Waals surface area contributed by atoms with Crippen molar-refractivity contribution in [2.45, 2.75) is 303 Å². The molecule has 350 valence electrons. The van der Waals surface area contributed by atoms with Gasteiger partial charge in [0.15, 0.2) is 6.10 Å². The van der Waals surface area contributed by atoms with Gasteiger partial charge in [0, 0.05) is 19.3 Å². The van der Waals surface area contributed by atoms with Crippen molar-refractivity contribution in [3.63, 3.8) is 0 Å². The molecule has 0 aromatic heterocycles. The molecule has 0 heterocycles. The lowest BCUT2D eigenvalue weighted by molar-refractivity contribution is -0.167. The van der Waals surface area contributed by atoms with Crippen molar-refractivity contribution >= 4 is 17.9 Å². The molecule has 0 aromatic carbocycles. The van der Waals surface area contributed by atoms with Crippen LogP contribution in [0.1, 0.15) is 297 Å². The van der Waals surface area contributed by atoms with Gasteiger partial charge >= 0.3 is 17.9 Å². The molecule has 6 heteroatoms. The number of hydrogen-bond donors (Lipinski definition) is 0. The summed E-state index contributed by atoms with van der Waals surface area (Å²) in [7, 11) is 0. The van der Waals surface area contributed by atoms with Gasteiger partial charge in [-0.15, -0.1) is 0 Å². The van der Waals surface area contributed by atoms with E-state index < -0.39 is 6.10 Å². The van der Waals surface area contributed by atoms with Gasteiger partial charge in [-0.2, -0.15) is 0 Å². The van der Waals surface area contributed by atoms with Gasteiger partial charge in [-0.1, -0.05) is 259 Å². The summed E-state index contributed by atoms with van der Waals surface area (Å²) in [5.74, 6) is -0.0684. The Morgan fingerprint density at radius 3 is 0.831 bits per heavy atom. The number of esters is 3. The van der Waals surface area contributed by atoms with E-state index in [1.54, 1.807) is 0 Å². The summed E-state index contributed by atoms with van der Waals surface area (Å²) in [6.07, 6.45) is 49.5. The second-order valence-corrected chi connectivity index (χ2v) is 18.6. The monoisotopic (exact) mass is 835 g/mol. The highest BCUT2D eigenvalue weighted by Crippen LogP contribution is 2.17. The zero-order valence-corrected chi connectivity index (χ0v) is 40.2. The van der Waals surface area contributed by atoms with Gasteiger partial charge in [-0.05, 0) is 25.2 Å². The van der Waals surface area contributed by atoms with Crippen LogP contribution < -0.4 is 0 Å².